The highest BCUT2D eigenvalue weighted by atomic mass is 16.6. The third kappa shape index (κ3) is 1.56. The van der Waals surface area contributed by atoms with Crippen LogP contribution >= 0.6 is 0 Å². The lowest BCUT2D eigenvalue weighted by Gasteiger charge is -2.00. The van der Waals surface area contributed by atoms with Crippen LogP contribution in [0.4, 0.5) is 0 Å². The molecule has 0 saturated carbocycles. The van der Waals surface area contributed by atoms with Gasteiger partial charge in [-0.05, 0) is 13.0 Å². The summed E-state index contributed by atoms with van der Waals surface area (Å²) < 4.78 is 6.09. The Morgan fingerprint density at radius 1 is 1.43 bits per heavy atom. The zero-order chi connectivity index (χ0) is 9.97. The summed E-state index contributed by atoms with van der Waals surface area (Å²) in [6.07, 6.45) is 1.70. The van der Waals surface area contributed by atoms with Gasteiger partial charge in [-0.2, -0.15) is 0 Å². The van der Waals surface area contributed by atoms with Gasteiger partial charge in [-0.15, -0.1) is 0 Å². The highest BCUT2D eigenvalue weighted by Gasteiger charge is 2.05. The third-order valence-electron chi connectivity index (χ3n) is 1.97. The van der Waals surface area contributed by atoms with Crippen molar-refractivity contribution in [2.75, 3.05) is 0 Å². The van der Waals surface area contributed by atoms with Crippen LogP contribution in [0.1, 0.15) is 11.4 Å². The van der Waals surface area contributed by atoms with Crippen LogP contribution in [0, 0.1) is 6.92 Å². The summed E-state index contributed by atoms with van der Waals surface area (Å²) in [4.78, 5) is 11.3. The van der Waals surface area contributed by atoms with Crippen molar-refractivity contribution >= 4 is 0 Å². The van der Waals surface area contributed by atoms with E-state index in [-0.39, 0.29) is 5.56 Å². The molecule has 2 rings (SSSR count). The summed E-state index contributed by atoms with van der Waals surface area (Å²) in [7, 11) is 0. The predicted octanol–water partition coefficient (Wildman–Crippen LogP) is 0.588. The zero-order valence-corrected chi connectivity index (χ0v) is 7.67. The lowest BCUT2D eigenvalue weighted by atomic mass is 10.3. The number of nitrogens with zero attached hydrogens (tertiary/aromatic N) is 3. The topological polar surface area (TPSA) is 60.9 Å². The van der Waals surface area contributed by atoms with Crippen LogP contribution in [0.25, 0.3) is 0 Å². The number of hydrogen-bond donors (Lipinski definition) is 0. The van der Waals surface area contributed by atoms with Crippen molar-refractivity contribution < 1.29 is 4.63 Å². The van der Waals surface area contributed by atoms with E-state index in [0.717, 1.165) is 0 Å². The molecule has 0 aromatic carbocycles. The largest absolute Gasteiger partial charge is 0.309 e. The predicted molar refractivity (Wildman–Crippen MR) is 48.8 cm³/mol. The van der Waals surface area contributed by atoms with Gasteiger partial charge in [0.25, 0.3) is 5.56 Å². The standard InChI is InChI=1S/C9H9N3O2/c1-7-8(11-14-10-7)6-12-5-3-2-4-9(12)13/h2-5H,6H2,1H3. The van der Waals surface area contributed by atoms with Gasteiger partial charge in [-0.25, -0.2) is 4.63 Å². The van der Waals surface area contributed by atoms with Gasteiger partial charge in [0.2, 0.25) is 0 Å². The Morgan fingerprint density at radius 2 is 2.29 bits per heavy atom. The van der Waals surface area contributed by atoms with Gasteiger partial charge in [-0.3, -0.25) is 4.79 Å². The quantitative estimate of drug-likeness (QED) is 0.696. The molecule has 2 heterocycles. The average molecular weight is 191 g/mol. The minimum atomic E-state index is -0.0603. The highest BCUT2D eigenvalue weighted by Crippen LogP contribution is 2.01. The first-order valence-electron chi connectivity index (χ1n) is 4.21. The van der Waals surface area contributed by atoms with Crippen molar-refractivity contribution in [2.45, 2.75) is 13.5 Å². The Balaban J connectivity index is 2.32. The van der Waals surface area contributed by atoms with Gasteiger partial charge < -0.3 is 4.57 Å². The molecule has 5 heteroatoms. The van der Waals surface area contributed by atoms with Crippen molar-refractivity contribution in [3.63, 3.8) is 0 Å². The molecular formula is C9H9N3O2. The molecule has 0 atom stereocenters. The maximum Gasteiger partial charge on any atom is 0.250 e. The van der Waals surface area contributed by atoms with Crippen LogP contribution in [0.3, 0.4) is 0 Å². The summed E-state index contributed by atoms with van der Waals surface area (Å²) in [5.74, 6) is 0. The maximum absolute atomic E-state index is 11.3. The Labute approximate surface area is 79.9 Å². The summed E-state index contributed by atoms with van der Waals surface area (Å²) in [6, 6.07) is 5.00. The third-order valence-corrected chi connectivity index (χ3v) is 1.97. The van der Waals surface area contributed by atoms with E-state index in [0.29, 0.717) is 17.9 Å². The molecule has 2 aromatic rings. The molecule has 5 nitrogen and oxygen atoms in total. The molecule has 2 aromatic heterocycles. The first kappa shape index (κ1) is 8.68. The summed E-state index contributed by atoms with van der Waals surface area (Å²) in [5.41, 5.74) is 1.33. The number of aromatic nitrogens is 3. The van der Waals surface area contributed by atoms with E-state index in [4.69, 9.17) is 0 Å². The molecule has 72 valence electrons. The van der Waals surface area contributed by atoms with Crippen LogP contribution in [-0.2, 0) is 6.54 Å². The Kier molecular flexibility index (Phi) is 2.14. The molecule has 0 bridgehead atoms. The monoisotopic (exact) mass is 191 g/mol. The van der Waals surface area contributed by atoms with Gasteiger partial charge in [-0.1, -0.05) is 16.4 Å². The smallest absolute Gasteiger partial charge is 0.250 e. The van der Waals surface area contributed by atoms with Crippen molar-refractivity contribution in [1.82, 2.24) is 14.9 Å². The first-order chi connectivity index (χ1) is 6.77. The van der Waals surface area contributed by atoms with Crippen molar-refractivity contribution in [3.8, 4) is 0 Å². The molecule has 0 radical (unpaired) electrons. The Hall–Kier alpha value is -1.91. The molecule has 0 aliphatic carbocycles. The van der Waals surface area contributed by atoms with E-state index >= 15 is 0 Å². The fraction of sp³-hybridized carbons (Fsp3) is 0.222. The maximum atomic E-state index is 11.3. The number of aryl methyl sites for hydroxylation is 1. The second-order valence-corrected chi connectivity index (χ2v) is 2.96. The molecule has 0 N–H and O–H groups in total. The number of pyridine rings is 1. The molecule has 0 saturated heterocycles. The highest BCUT2D eigenvalue weighted by molar-refractivity contribution is 5.06. The van der Waals surface area contributed by atoms with Crippen LogP contribution in [0.15, 0.2) is 33.8 Å². The van der Waals surface area contributed by atoms with E-state index < -0.39 is 0 Å². The summed E-state index contributed by atoms with van der Waals surface area (Å²) in [6.45, 7) is 2.19. The van der Waals surface area contributed by atoms with E-state index in [1.54, 1.807) is 29.8 Å². The van der Waals surface area contributed by atoms with E-state index in [1.165, 1.54) is 6.07 Å². The van der Waals surface area contributed by atoms with Crippen LogP contribution < -0.4 is 5.56 Å². The fourth-order valence-electron chi connectivity index (χ4n) is 1.15. The Morgan fingerprint density at radius 3 is 2.93 bits per heavy atom. The molecule has 0 aliphatic rings. The molecule has 0 amide bonds. The number of rotatable bonds is 2. The second kappa shape index (κ2) is 3.45. The second-order valence-electron chi connectivity index (χ2n) is 2.96. The van der Waals surface area contributed by atoms with Crippen molar-refractivity contribution in [3.05, 3.63) is 46.1 Å². The van der Waals surface area contributed by atoms with E-state index in [2.05, 4.69) is 14.9 Å². The molecule has 0 aliphatic heterocycles. The summed E-state index contributed by atoms with van der Waals surface area (Å²) >= 11 is 0. The van der Waals surface area contributed by atoms with Gasteiger partial charge in [0, 0.05) is 12.3 Å². The lowest BCUT2D eigenvalue weighted by molar-refractivity contribution is 0.300. The Bertz CT molecular complexity index is 487. The van der Waals surface area contributed by atoms with Crippen molar-refractivity contribution in [1.29, 1.82) is 0 Å². The molecular weight excluding hydrogens is 182 g/mol. The van der Waals surface area contributed by atoms with E-state index in [1.807, 2.05) is 0 Å². The van der Waals surface area contributed by atoms with Crippen LogP contribution in [0.2, 0.25) is 0 Å². The molecule has 0 unspecified atom stereocenters. The van der Waals surface area contributed by atoms with Crippen LogP contribution in [0.5, 0.6) is 0 Å². The average Bonchev–Trinajstić information content (AvgIpc) is 2.56. The van der Waals surface area contributed by atoms with E-state index in [9.17, 15) is 4.79 Å². The van der Waals surface area contributed by atoms with Crippen LogP contribution in [-0.4, -0.2) is 14.9 Å². The molecule has 0 fully saturated rings. The SMILES string of the molecule is Cc1nonc1Cn1ccccc1=O. The first-order valence-corrected chi connectivity index (χ1v) is 4.21. The molecule has 0 spiro atoms. The summed E-state index contributed by atoms with van der Waals surface area (Å²) in [5, 5.41) is 7.35. The van der Waals surface area contributed by atoms with Gasteiger partial charge in [0.15, 0.2) is 0 Å². The fourth-order valence-corrected chi connectivity index (χ4v) is 1.15. The molecule has 14 heavy (non-hydrogen) atoms. The van der Waals surface area contributed by atoms with Gasteiger partial charge >= 0.3 is 0 Å². The minimum absolute atomic E-state index is 0.0603. The van der Waals surface area contributed by atoms with Gasteiger partial charge in [0.1, 0.15) is 11.4 Å². The normalized spacial score (nSPS) is 10.4. The number of hydrogen-bond acceptors (Lipinski definition) is 4. The lowest BCUT2D eigenvalue weighted by Crippen LogP contribution is -2.18. The van der Waals surface area contributed by atoms with Gasteiger partial charge in [0.05, 0.1) is 6.54 Å². The minimum Gasteiger partial charge on any atom is -0.309 e. The van der Waals surface area contributed by atoms with Crippen molar-refractivity contribution in [2.24, 2.45) is 0 Å². The zero-order valence-electron chi connectivity index (χ0n) is 7.67.